The van der Waals surface area contributed by atoms with Crippen LogP contribution in [0.1, 0.15) is 33.2 Å². The van der Waals surface area contributed by atoms with Gasteiger partial charge in [0.05, 0.1) is 18.4 Å². The van der Waals surface area contributed by atoms with Gasteiger partial charge >= 0.3 is 5.97 Å². The maximum Gasteiger partial charge on any atom is 0.343 e. The molecule has 1 amide bonds. The summed E-state index contributed by atoms with van der Waals surface area (Å²) < 4.78 is 10.7. The van der Waals surface area contributed by atoms with Crippen molar-refractivity contribution in [1.82, 2.24) is 10.4 Å². The number of nitrogens with one attached hydrogen (secondary N) is 1. The minimum Gasteiger partial charge on any atom is -0.494 e. The van der Waals surface area contributed by atoms with E-state index in [1.165, 1.54) is 18.6 Å². The Hall–Kier alpha value is -4.00. The first-order valence-corrected chi connectivity index (χ1v) is 8.94. The molecule has 146 valence electrons. The summed E-state index contributed by atoms with van der Waals surface area (Å²) in [6, 6.07) is 16.7. The van der Waals surface area contributed by atoms with E-state index in [1.807, 2.05) is 6.92 Å². The zero-order valence-corrected chi connectivity index (χ0v) is 15.7. The summed E-state index contributed by atoms with van der Waals surface area (Å²) in [6.07, 6.45) is 4.56. The number of hydrazone groups is 1. The predicted octanol–water partition coefficient (Wildman–Crippen LogP) is 3.46. The second kappa shape index (κ2) is 9.80. The maximum absolute atomic E-state index is 12.2. The molecule has 1 aromatic heterocycles. The van der Waals surface area contributed by atoms with Crippen molar-refractivity contribution >= 4 is 18.1 Å². The minimum atomic E-state index is -0.459. The van der Waals surface area contributed by atoms with Gasteiger partial charge in [0.15, 0.2) is 0 Å². The van der Waals surface area contributed by atoms with Gasteiger partial charge in [-0.25, -0.2) is 10.2 Å². The second-order valence-corrected chi connectivity index (χ2v) is 5.85. The first kappa shape index (κ1) is 19.8. The molecule has 0 spiro atoms. The quantitative estimate of drug-likeness (QED) is 0.289. The van der Waals surface area contributed by atoms with Crippen LogP contribution in [0.4, 0.5) is 0 Å². The Kier molecular flexibility index (Phi) is 6.67. The van der Waals surface area contributed by atoms with Crippen LogP contribution in [0.25, 0.3) is 0 Å². The topological polar surface area (TPSA) is 89.9 Å². The van der Waals surface area contributed by atoms with E-state index < -0.39 is 5.97 Å². The summed E-state index contributed by atoms with van der Waals surface area (Å²) in [7, 11) is 0. The van der Waals surface area contributed by atoms with Gasteiger partial charge < -0.3 is 9.47 Å². The van der Waals surface area contributed by atoms with Crippen molar-refractivity contribution < 1.29 is 19.1 Å². The molecule has 2 aromatic carbocycles. The largest absolute Gasteiger partial charge is 0.494 e. The second-order valence-electron chi connectivity index (χ2n) is 5.85. The molecule has 0 aliphatic carbocycles. The lowest BCUT2D eigenvalue weighted by Crippen LogP contribution is -2.17. The molecule has 0 aliphatic rings. The van der Waals surface area contributed by atoms with Crippen molar-refractivity contribution in [1.29, 1.82) is 0 Å². The lowest BCUT2D eigenvalue weighted by molar-refractivity contribution is 0.0734. The number of pyridine rings is 1. The van der Waals surface area contributed by atoms with E-state index in [1.54, 1.807) is 60.7 Å². The molecule has 0 atom stereocenters. The fourth-order valence-corrected chi connectivity index (χ4v) is 2.38. The van der Waals surface area contributed by atoms with Crippen molar-refractivity contribution in [3.8, 4) is 11.5 Å². The Labute approximate surface area is 168 Å². The molecule has 3 aromatic rings. The highest BCUT2D eigenvalue weighted by Crippen LogP contribution is 2.16. The van der Waals surface area contributed by atoms with Crippen LogP contribution in [-0.2, 0) is 0 Å². The number of hydrogen-bond acceptors (Lipinski definition) is 6. The van der Waals surface area contributed by atoms with Crippen LogP contribution in [-0.4, -0.2) is 29.7 Å². The van der Waals surface area contributed by atoms with Gasteiger partial charge in [0, 0.05) is 18.0 Å². The molecule has 0 fully saturated rings. The number of hydrogen-bond donors (Lipinski definition) is 1. The number of esters is 1. The van der Waals surface area contributed by atoms with Gasteiger partial charge in [0.1, 0.15) is 11.5 Å². The molecule has 7 heteroatoms. The van der Waals surface area contributed by atoms with E-state index in [0.717, 1.165) is 5.56 Å². The Morgan fingerprint density at radius 3 is 2.24 bits per heavy atom. The Balaban J connectivity index is 1.54. The van der Waals surface area contributed by atoms with E-state index in [9.17, 15) is 9.59 Å². The summed E-state index contributed by atoms with van der Waals surface area (Å²) in [6.45, 7) is 2.46. The highest BCUT2D eigenvalue weighted by atomic mass is 16.5. The third-order valence-electron chi connectivity index (χ3n) is 3.81. The average Bonchev–Trinajstić information content (AvgIpc) is 2.76. The van der Waals surface area contributed by atoms with Gasteiger partial charge in [0.2, 0.25) is 0 Å². The SMILES string of the molecule is CCOc1ccc(C(=O)Oc2ccc(/C=N/NC(=O)c3ccncc3)cc2)cc1. The van der Waals surface area contributed by atoms with Crippen molar-refractivity contribution in [2.24, 2.45) is 5.10 Å². The smallest absolute Gasteiger partial charge is 0.343 e. The van der Waals surface area contributed by atoms with Crippen LogP contribution < -0.4 is 14.9 Å². The number of carbonyl (C=O) groups is 2. The fourth-order valence-electron chi connectivity index (χ4n) is 2.38. The van der Waals surface area contributed by atoms with Crippen LogP contribution in [0, 0.1) is 0 Å². The van der Waals surface area contributed by atoms with E-state index >= 15 is 0 Å². The zero-order valence-electron chi connectivity index (χ0n) is 15.7. The van der Waals surface area contributed by atoms with E-state index in [-0.39, 0.29) is 5.91 Å². The first-order valence-electron chi connectivity index (χ1n) is 8.94. The third-order valence-corrected chi connectivity index (χ3v) is 3.81. The molecule has 0 bridgehead atoms. The van der Waals surface area contributed by atoms with Gasteiger partial charge in [0.25, 0.3) is 5.91 Å². The average molecular weight is 389 g/mol. The van der Waals surface area contributed by atoms with Gasteiger partial charge in [-0.2, -0.15) is 5.10 Å². The number of rotatable bonds is 7. The van der Waals surface area contributed by atoms with Crippen molar-refractivity contribution in [3.05, 3.63) is 89.7 Å². The molecule has 7 nitrogen and oxygen atoms in total. The Morgan fingerprint density at radius 1 is 0.931 bits per heavy atom. The molecule has 0 saturated heterocycles. The number of nitrogens with zero attached hydrogens (tertiary/aromatic N) is 2. The standard InChI is InChI=1S/C22H19N3O4/c1-2-28-19-9-5-18(6-10-19)22(27)29-20-7-3-16(4-8-20)15-24-25-21(26)17-11-13-23-14-12-17/h3-15H,2H2,1H3,(H,25,26)/b24-15+. The summed E-state index contributed by atoms with van der Waals surface area (Å²) in [5, 5.41) is 3.91. The molecule has 0 saturated carbocycles. The highest BCUT2D eigenvalue weighted by Gasteiger charge is 2.09. The lowest BCUT2D eigenvalue weighted by Gasteiger charge is -2.06. The van der Waals surface area contributed by atoms with Gasteiger partial charge in [-0.05, 0) is 73.2 Å². The van der Waals surface area contributed by atoms with Gasteiger partial charge in [-0.1, -0.05) is 0 Å². The van der Waals surface area contributed by atoms with Crippen LogP contribution in [0.5, 0.6) is 11.5 Å². The molecular formula is C22H19N3O4. The minimum absolute atomic E-state index is 0.329. The molecular weight excluding hydrogens is 370 g/mol. The summed E-state index contributed by atoms with van der Waals surface area (Å²) in [5.41, 5.74) is 4.07. The van der Waals surface area contributed by atoms with E-state index in [0.29, 0.717) is 29.2 Å². The van der Waals surface area contributed by atoms with Gasteiger partial charge in [-0.15, -0.1) is 0 Å². The Bertz CT molecular complexity index is 985. The number of carbonyl (C=O) groups excluding carboxylic acids is 2. The van der Waals surface area contributed by atoms with E-state index in [2.05, 4.69) is 15.5 Å². The van der Waals surface area contributed by atoms with Gasteiger partial charge in [-0.3, -0.25) is 9.78 Å². The monoisotopic (exact) mass is 389 g/mol. The third kappa shape index (κ3) is 5.74. The maximum atomic E-state index is 12.2. The van der Waals surface area contributed by atoms with Crippen molar-refractivity contribution in [3.63, 3.8) is 0 Å². The molecule has 0 aliphatic heterocycles. The van der Waals surface area contributed by atoms with Crippen molar-refractivity contribution in [2.75, 3.05) is 6.61 Å². The van der Waals surface area contributed by atoms with E-state index in [4.69, 9.17) is 9.47 Å². The Morgan fingerprint density at radius 2 is 1.59 bits per heavy atom. The number of benzene rings is 2. The molecule has 1 N–H and O–H groups in total. The number of aromatic nitrogens is 1. The van der Waals surface area contributed by atoms with Crippen LogP contribution in [0.15, 0.2) is 78.2 Å². The normalized spacial score (nSPS) is 10.5. The molecule has 0 unspecified atom stereocenters. The zero-order chi connectivity index (χ0) is 20.5. The summed E-state index contributed by atoms with van der Waals surface area (Å²) >= 11 is 0. The van der Waals surface area contributed by atoms with Crippen molar-refractivity contribution in [2.45, 2.75) is 6.92 Å². The van der Waals surface area contributed by atoms with Crippen LogP contribution in [0.3, 0.4) is 0 Å². The molecule has 3 rings (SSSR count). The summed E-state index contributed by atoms with van der Waals surface area (Å²) in [5.74, 6) is 0.314. The fraction of sp³-hybridized carbons (Fsp3) is 0.0909. The van der Waals surface area contributed by atoms with Crippen LogP contribution >= 0.6 is 0 Å². The number of ether oxygens (including phenoxy) is 2. The lowest BCUT2D eigenvalue weighted by atomic mass is 10.2. The molecule has 0 radical (unpaired) electrons. The number of amides is 1. The predicted molar refractivity (Wildman–Crippen MR) is 108 cm³/mol. The first-order chi connectivity index (χ1) is 14.2. The summed E-state index contributed by atoms with van der Waals surface area (Å²) in [4.78, 5) is 27.9. The molecule has 29 heavy (non-hydrogen) atoms. The van der Waals surface area contributed by atoms with Crippen LogP contribution in [0.2, 0.25) is 0 Å². The molecule has 1 heterocycles. The highest BCUT2D eigenvalue weighted by molar-refractivity contribution is 5.94.